The van der Waals surface area contributed by atoms with Crippen LogP contribution in [0, 0.1) is 11.3 Å². The molecule has 0 aliphatic heterocycles. The van der Waals surface area contributed by atoms with E-state index < -0.39 is 0 Å². The highest BCUT2D eigenvalue weighted by atomic mass is 14.5. The topological polar surface area (TPSA) is 0 Å². The molecule has 0 nitrogen and oxygen atoms in total. The molecule has 0 heterocycles. The van der Waals surface area contributed by atoms with Crippen LogP contribution in [0.2, 0.25) is 0 Å². The molecule has 0 N–H and O–H groups in total. The van der Waals surface area contributed by atoms with Crippen molar-refractivity contribution >= 4 is 0 Å². The van der Waals surface area contributed by atoms with Crippen LogP contribution >= 0.6 is 0 Å². The molecule has 78 heavy (non-hydrogen) atoms. The van der Waals surface area contributed by atoms with Crippen molar-refractivity contribution < 1.29 is 0 Å². The summed E-state index contributed by atoms with van der Waals surface area (Å²) in [4.78, 5) is 0. The Labute approximate surface area is 484 Å². The number of hydrogen-bond acceptors (Lipinski definition) is 0. The summed E-state index contributed by atoms with van der Waals surface area (Å²) in [5.74, 6) is 0.758. The molecule has 0 aromatic heterocycles. The summed E-state index contributed by atoms with van der Waals surface area (Å²) < 4.78 is 0. The molecule has 1 aliphatic rings. The Morgan fingerprint density at radius 1 is 0.308 bits per heavy atom. The van der Waals surface area contributed by atoms with Gasteiger partial charge in [-0.3, -0.25) is 0 Å². The molecule has 1 atom stereocenters. The average molecular weight is 1050 g/mol. The summed E-state index contributed by atoms with van der Waals surface area (Å²) in [6.45, 7) is 43.8. The quantitative estimate of drug-likeness (QED) is 0.142. The molecule has 0 bridgehead atoms. The molecular formula is C78H114. The summed E-state index contributed by atoms with van der Waals surface area (Å²) in [6.07, 6.45) is 5.88. The summed E-state index contributed by atoms with van der Waals surface area (Å²) >= 11 is 0. The molecule has 9 rings (SSSR count). The van der Waals surface area contributed by atoms with Gasteiger partial charge in [0, 0.05) is 10.8 Å². The Morgan fingerprint density at radius 3 is 0.731 bits per heavy atom. The minimum Gasteiger partial charge on any atom is -0.0683 e. The van der Waals surface area contributed by atoms with Crippen molar-refractivity contribution in [2.45, 2.75) is 188 Å². The summed E-state index contributed by atoms with van der Waals surface area (Å²) in [7, 11) is 0. The maximum atomic E-state index is 2.43. The molecule has 1 fully saturated rings. The first-order chi connectivity index (χ1) is 38.1. The van der Waals surface area contributed by atoms with Gasteiger partial charge in [0.05, 0.1) is 0 Å². The SMILES string of the molecule is CC.CC.CC.CC.CC.CC.CC.CC.CC(C)(c1ccccc1)c1ccccc1.CC1CC(C)(C)CC(c2ccccc2)(c2ccccc2)C1.c1ccc(Cc2ccccc2)cc1.c1ccc(Cc2ccccc2)cc1. The molecular weight excluding hydrogens is 937 g/mol. The van der Waals surface area contributed by atoms with Crippen LogP contribution in [0.25, 0.3) is 0 Å². The summed E-state index contributed by atoms with van der Waals surface area (Å²) in [6, 6.07) is 85.7. The summed E-state index contributed by atoms with van der Waals surface area (Å²) in [5.41, 5.74) is 11.8. The second-order valence-electron chi connectivity index (χ2n) is 18.3. The maximum absolute atomic E-state index is 2.43. The van der Waals surface area contributed by atoms with Gasteiger partial charge in [0.25, 0.3) is 0 Å². The van der Waals surface area contributed by atoms with E-state index in [0.717, 1.165) is 18.8 Å². The number of rotatable bonds is 8. The van der Waals surface area contributed by atoms with Crippen molar-refractivity contribution in [2.75, 3.05) is 0 Å². The fraction of sp³-hybridized carbons (Fsp3) is 0.385. The van der Waals surface area contributed by atoms with E-state index in [2.05, 4.69) is 277 Å². The van der Waals surface area contributed by atoms with Crippen molar-refractivity contribution in [3.05, 3.63) is 287 Å². The van der Waals surface area contributed by atoms with E-state index in [4.69, 9.17) is 0 Å². The van der Waals surface area contributed by atoms with E-state index in [1.165, 1.54) is 63.8 Å². The lowest BCUT2D eigenvalue weighted by molar-refractivity contribution is 0.127. The zero-order valence-corrected chi connectivity index (χ0v) is 53.7. The molecule has 1 saturated carbocycles. The van der Waals surface area contributed by atoms with Gasteiger partial charge < -0.3 is 0 Å². The Hall–Kier alpha value is -6.24. The smallest absolute Gasteiger partial charge is 0.0210 e. The van der Waals surface area contributed by atoms with Gasteiger partial charge in [0.1, 0.15) is 0 Å². The van der Waals surface area contributed by atoms with Crippen LogP contribution in [0.15, 0.2) is 243 Å². The fourth-order valence-electron chi connectivity index (χ4n) is 9.42. The molecule has 426 valence electrons. The minimum atomic E-state index is 0.0858. The van der Waals surface area contributed by atoms with Gasteiger partial charge in [-0.25, -0.2) is 0 Å². The van der Waals surface area contributed by atoms with Gasteiger partial charge in [-0.2, -0.15) is 0 Å². The first-order valence-corrected chi connectivity index (χ1v) is 30.5. The third-order valence-corrected chi connectivity index (χ3v) is 12.2. The average Bonchev–Trinajstić information content (AvgIpc) is 3.54. The van der Waals surface area contributed by atoms with Crippen LogP contribution in [-0.2, 0) is 23.7 Å². The van der Waals surface area contributed by atoms with Gasteiger partial charge in [0.2, 0.25) is 0 Å². The zero-order valence-electron chi connectivity index (χ0n) is 53.7. The Kier molecular flexibility index (Phi) is 47.8. The second-order valence-corrected chi connectivity index (χ2v) is 18.3. The molecule has 8 aromatic carbocycles. The highest BCUT2D eigenvalue weighted by molar-refractivity contribution is 5.41. The van der Waals surface area contributed by atoms with E-state index in [-0.39, 0.29) is 10.8 Å². The first-order valence-electron chi connectivity index (χ1n) is 30.5. The van der Waals surface area contributed by atoms with E-state index in [9.17, 15) is 0 Å². The second kappa shape index (κ2) is 49.1. The lowest BCUT2D eigenvalue weighted by atomic mass is 9.55. The van der Waals surface area contributed by atoms with Gasteiger partial charge in [-0.05, 0) is 87.9 Å². The predicted octanol–water partition coefficient (Wildman–Crippen LogP) is 24.6. The van der Waals surface area contributed by atoms with Crippen molar-refractivity contribution in [3.63, 3.8) is 0 Å². The van der Waals surface area contributed by atoms with E-state index in [0.29, 0.717) is 5.41 Å². The monoisotopic (exact) mass is 1050 g/mol. The molecule has 0 radical (unpaired) electrons. The van der Waals surface area contributed by atoms with Crippen LogP contribution in [0.4, 0.5) is 0 Å². The van der Waals surface area contributed by atoms with Crippen LogP contribution in [0.3, 0.4) is 0 Å². The molecule has 1 unspecified atom stereocenters. The third-order valence-electron chi connectivity index (χ3n) is 12.2. The van der Waals surface area contributed by atoms with Gasteiger partial charge in [0.15, 0.2) is 0 Å². The van der Waals surface area contributed by atoms with Crippen LogP contribution < -0.4 is 0 Å². The third kappa shape index (κ3) is 29.5. The molecule has 0 heteroatoms. The highest BCUT2D eigenvalue weighted by Gasteiger charge is 2.44. The van der Waals surface area contributed by atoms with Crippen LogP contribution in [0.1, 0.15) is 209 Å². The lowest BCUT2D eigenvalue weighted by Crippen LogP contribution is -2.41. The molecule has 0 amide bonds. The first kappa shape index (κ1) is 76.0. The van der Waals surface area contributed by atoms with Gasteiger partial charge >= 0.3 is 0 Å². The van der Waals surface area contributed by atoms with Crippen molar-refractivity contribution in [2.24, 2.45) is 11.3 Å². The van der Waals surface area contributed by atoms with E-state index in [1.54, 1.807) is 0 Å². The Morgan fingerprint density at radius 2 is 0.513 bits per heavy atom. The summed E-state index contributed by atoms with van der Waals surface area (Å²) in [5, 5.41) is 0. The van der Waals surface area contributed by atoms with Crippen molar-refractivity contribution in [1.29, 1.82) is 0 Å². The Bertz CT molecular complexity index is 2150. The van der Waals surface area contributed by atoms with Gasteiger partial charge in [-0.15, -0.1) is 0 Å². The van der Waals surface area contributed by atoms with Crippen LogP contribution in [0.5, 0.6) is 0 Å². The zero-order chi connectivity index (χ0) is 59.5. The minimum absolute atomic E-state index is 0.0858. The Balaban J connectivity index is -0.000000895. The standard InChI is InChI=1S/C21H26.C15H16.2C13H12.8C2H6/c1-17-14-20(2,3)16-21(15-17,18-10-6-4-7-11-18)19-12-8-5-9-13-19;1-15(2,13-9-5-3-6-10-13)14-11-7-4-8-12-14;2*1-3-7-12(8-4-1)11-13-9-5-2-6-10-13;8*1-2/h4-13,17H,14-16H2,1-3H3;3-12H,1-2H3;2*1-10H,11H2;8*1-2H3. The largest absolute Gasteiger partial charge is 0.0683 e. The highest BCUT2D eigenvalue weighted by Crippen LogP contribution is 2.53. The molecule has 0 spiro atoms. The molecule has 8 aromatic rings. The van der Waals surface area contributed by atoms with Crippen molar-refractivity contribution in [1.82, 2.24) is 0 Å². The fourth-order valence-corrected chi connectivity index (χ4v) is 9.42. The molecule has 1 aliphatic carbocycles. The van der Waals surface area contributed by atoms with E-state index >= 15 is 0 Å². The lowest BCUT2D eigenvalue weighted by Gasteiger charge is -2.48. The number of benzene rings is 8. The molecule has 0 saturated heterocycles. The van der Waals surface area contributed by atoms with Crippen molar-refractivity contribution in [3.8, 4) is 0 Å². The van der Waals surface area contributed by atoms with E-state index in [1.807, 2.05) is 111 Å². The van der Waals surface area contributed by atoms with Gasteiger partial charge in [-0.1, -0.05) is 388 Å². The maximum Gasteiger partial charge on any atom is 0.0210 e. The predicted molar refractivity (Wildman–Crippen MR) is 358 cm³/mol. The number of hydrogen-bond donors (Lipinski definition) is 0. The van der Waals surface area contributed by atoms with Crippen LogP contribution in [-0.4, -0.2) is 0 Å². The normalized spacial score (nSPS) is 12.4.